The Balaban J connectivity index is 2.22. The molecule has 1 saturated carbocycles. The van der Waals surface area contributed by atoms with Crippen LogP contribution in [-0.2, 0) is 0 Å². The molecule has 3 heteroatoms. The zero-order valence-electron chi connectivity index (χ0n) is 11.9. The van der Waals surface area contributed by atoms with Gasteiger partial charge in [-0.15, -0.1) is 0 Å². The van der Waals surface area contributed by atoms with Gasteiger partial charge in [-0.25, -0.2) is 4.39 Å². The molecule has 1 aliphatic rings. The van der Waals surface area contributed by atoms with Gasteiger partial charge in [-0.3, -0.25) is 0 Å². The molecule has 0 aromatic heterocycles. The fourth-order valence-electron chi connectivity index (χ4n) is 3.29. The summed E-state index contributed by atoms with van der Waals surface area (Å²) >= 11 is 3.44. The first-order valence-electron chi connectivity index (χ1n) is 7.15. The molecule has 0 amide bonds. The molecule has 106 valence electrons. The summed E-state index contributed by atoms with van der Waals surface area (Å²) in [5.74, 6) is 1.94. The van der Waals surface area contributed by atoms with Crippen molar-refractivity contribution in [2.45, 2.75) is 39.2 Å². The third kappa shape index (κ3) is 3.38. The Bertz CT molecular complexity index is 435. The zero-order valence-corrected chi connectivity index (χ0v) is 13.5. The molecule has 1 nitrogen and oxygen atoms in total. The highest BCUT2D eigenvalue weighted by atomic mass is 79.9. The Hall–Kier alpha value is -0.410. The van der Waals surface area contributed by atoms with Crippen LogP contribution in [0.5, 0.6) is 0 Å². The lowest BCUT2D eigenvalue weighted by molar-refractivity contribution is 0.173. The zero-order chi connectivity index (χ0) is 14.0. The van der Waals surface area contributed by atoms with Gasteiger partial charge in [0, 0.05) is 16.1 Å². The molecule has 4 unspecified atom stereocenters. The van der Waals surface area contributed by atoms with E-state index >= 15 is 0 Å². The van der Waals surface area contributed by atoms with Crippen molar-refractivity contribution in [3.63, 3.8) is 0 Å². The number of hydrogen-bond acceptors (Lipinski definition) is 1. The van der Waals surface area contributed by atoms with Crippen molar-refractivity contribution < 1.29 is 4.39 Å². The Labute approximate surface area is 124 Å². The van der Waals surface area contributed by atoms with Gasteiger partial charge in [0.2, 0.25) is 0 Å². The summed E-state index contributed by atoms with van der Waals surface area (Å²) in [6, 6.07) is 5.35. The lowest BCUT2D eigenvalue weighted by Gasteiger charge is -2.37. The third-order valence-electron chi connectivity index (χ3n) is 4.71. The second kappa shape index (κ2) is 6.36. The Morgan fingerprint density at radius 2 is 2.00 bits per heavy atom. The number of hydrogen-bond donors (Lipinski definition) is 1. The molecule has 0 aliphatic heterocycles. The van der Waals surface area contributed by atoms with Crippen molar-refractivity contribution in [3.8, 4) is 0 Å². The normalized spacial score (nSPS) is 29.2. The van der Waals surface area contributed by atoms with Crippen molar-refractivity contribution in [2.75, 3.05) is 7.05 Å². The van der Waals surface area contributed by atoms with Crippen molar-refractivity contribution in [2.24, 2.45) is 17.8 Å². The van der Waals surface area contributed by atoms with Crippen molar-refractivity contribution >= 4 is 15.9 Å². The fourth-order valence-corrected chi connectivity index (χ4v) is 3.67. The average Bonchev–Trinajstić information content (AvgIpc) is 2.38. The van der Waals surface area contributed by atoms with Gasteiger partial charge in [0.05, 0.1) is 0 Å². The highest BCUT2D eigenvalue weighted by Gasteiger charge is 2.31. The van der Waals surface area contributed by atoms with Gasteiger partial charge in [-0.1, -0.05) is 36.2 Å². The maximum atomic E-state index is 14.1. The molecule has 2 rings (SSSR count). The van der Waals surface area contributed by atoms with Crippen LogP contribution in [0.1, 0.15) is 44.7 Å². The number of nitrogens with one attached hydrogen (secondary N) is 1. The van der Waals surface area contributed by atoms with Crippen molar-refractivity contribution in [1.82, 2.24) is 5.32 Å². The first kappa shape index (κ1) is 15.0. The van der Waals surface area contributed by atoms with Crippen LogP contribution in [0.2, 0.25) is 0 Å². The molecule has 4 atom stereocenters. The van der Waals surface area contributed by atoms with E-state index in [4.69, 9.17) is 0 Å². The van der Waals surface area contributed by atoms with E-state index in [0.29, 0.717) is 5.92 Å². The summed E-state index contributed by atoms with van der Waals surface area (Å²) in [6.45, 7) is 4.65. The Kier molecular flexibility index (Phi) is 5.02. The highest BCUT2D eigenvalue weighted by Crippen LogP contribution is 2.40. The van der Waals surface area contributed by atoms with Gasteiger partial charge >= 0.3 is 0 Å². The fraction of sp³-hybridized carbons (Fsp3) is 0.625. The van der Waals surface area contributed by atoms with E-state index in [9.17, 15) is 4.39 Å². The minimum absolute atomic E-state index is 0.103. The summed E-state index contributed by atoms with van der Waals surface area (Å²) in [6.07, 6.45) is 3.61. The monoisotopic (exact) mass is 327 g/mol. The van der Waals surface area contributed by atoms with Gasteiger partial charge < -0.3 is 5.32 Å². The van der Waals surface area contributed by atoms with E-state index in [0.717, 1.165) is 21.9 Å². The van der Waals surface area contributed by atoms with Crippen molar-refractivity contribution in [1.29, 1.82) is 0 Å². The minimum Gasteiger partial charge on any atom is -0.313 e. The third-order valence-corrected chi connectivity index (χ3v) is 5.21. The predicted molar refractivity (Wildman–Crippen MR) is 81.6 cm³/mol. The molecule has 1 aromatic carbocycles. The molecular weight excluding hydrogens is 305 g/mol. The highest BCUT2D eigenvalue weighted by molar-refractivity contribution is 9.10. The number of halogens is 2. The molecule has 1 N–H and O–H groups in total. The second-order valence-electron chi connectivity index (χ2n) is 5.96. The minimum atomic E-state index is -0.103. The first-order chi connectivity index (χ1) is 9.02. The standard InChI is InChI=1S/C16H23BrFN/c1-10-4-5-12(8-11(10)2)16(19-3)14-9-13(17)6-7-15(14)18/h6-7,9-12,16,19H,4-5,8H2,1-3H3. The molecule has 19 heavy (non-hydrogen) atoms. The van der Waals surface area contributed by atoms with Crippen LogP contribution in [-0.4, -0.2) is 7.05 Å². The lowest BCUT2D eigenvalue weighted by Crippen LogP contribution is -2.32. The molecular formula is C16H23BrFN. The smallest absolute Gasteiger partial charge is 0.128 e. The van der Waals surface area contributed by atoms with Gasteiger partial charge in [0.1, 0.15) is 5.82 Å². The van der Waals surface area contributed by atoms with E-state index in [1.165, 1.54) is 19.3 Å². The molecule has 1 fully saturated rings. The van der Waals surface area contributed by atoms with E-state index < -0.39 is 0 Å². The topological polar surface area (TPSA) is 12.0 Å². The number of rotatable bonds is 3. The molecule has 1 aromatic rings. The molecule has 1 aliphatic carbocycles. The summed E-state index contributed by atoms with van der Waals surface area (Å²) in [5.41, 5.74) is 0.795. The summed E-state index contributed by atoms with van der Waals surface area (Å²) in [5, 5.41) is 3.33. The summed E-state index contributed by atoms with van der Waals surface area (Å²) in [4.78, 5) is 0. The Morgan fingerprint density at radius 3 is 2.63 bits per heavy atom. The maximum Gasteiger partial charge on any atom is 0.128 e. The van der Waals surface area contributed by atoms with Gasteiger partial charge in [0.15, 0.2) is 0 Å². The second-order valence-corrected chi connectivity index (χ2v) is 6.88. The quantitative estimate of drug-likeness (QED) is 0.830. The maximum absolute atomic E-state index is 14.1. The van der Waals surface area contributed by atoms with Crippen molar-refractivity contribution in [3.05, 3.63) is 34.1 Å². The van der Waals surface area contributed by atoms with Crippen LogP contribution in [0.3, 0.4) is 0 Å². The molecule has 0 heterocycles. The van der Waals surface area contributed by atoms with Crippen LogP contribution < -0.4 is 5.32 Å². The Morgan fingerprint density at radius 1 is 1.26 bits per heavy atom. The number of benzene rings is 1. The van der Waals surface area contributed by atoms with Crippen LogP contribution in [0.25, 0.3) is 0 Å². The summed E-state index contributed by atoms with van der Waals surface area (Å²) < 4.78 is 15.0. The van der Waals surface area contributed by atoms with Crippen LogP contribution in [0, 0.1) is 23.6 Å². The molecule has 0 saturated heterocycles. The largest absolute Gasteiger partial charge is 0.313 e. The molecule has 0 radical (unpaired) electrons. The SMILES string of the molecule is CNC(c1cc(Br)ccc1F)C1CCC(C)C(C)C1. The van der Waals surface area contributed by atoms with Crippen LogP contribution in [0.4, 0.5) is 4.39 Å². The van der Waals surface area contributed by atoms with Crippen LogP contribution in [0.15, 0.2) is 22.7 Å². The van der Waals surface area contributed by atoms with E-state index in [1.807, 2.05) is 13.1 Å². The van der Waals surface area contributed by atoms with E-state index in [2.05, 4.69) is 35.1 Å². The molecule has 0 bridgehead atoms. The summed E-state index contributed by atoms with van der Waals surface area (Å²) in [7, 11) is 1.94. The van der Waals surface area contributed by atoms with Gasteiger partial charge in [-0.05, 0) is 55.8 Å². The van der Waals surface area contributed by atoms with E-state index in [1.54, 1.807) is 12.1 Å². The van der Waals surface area contributed by atoms with E-state index in [-0.39, 0.29) is 11.9 Å². The predicted octanol–water partition coefficient (Wildman–Crippen LogP) is 4.92. The lowest BCUT2D eigenvalue weighted by atomic mass is 9.72. The van der Waals surface area contributed by atoms with Gasteiger partial charge in [-0.2, -0.15) is 0 Å². The average molecular weight is 328 g/mol. The van der Waals surface area contributed by atoms with Crippen LogP contribution >= 0.6 is 15.9 Å². The first-order valence-corrected chi connectivity index (χ1v) is 7.94. The van der Waals surface area contributed by atoms with Gasteiger partial charge in [0.25, 0.3) is 0 Å². The molecule has 0 spiro atoms.